The van der Waals surface area contributed by atoms with E-state index in [1.165, 1.54) is 12.8 Å². The van der Waals surface area contributed by atoms with Crippen LogP contribution >= 0.6 is 0 Å². The van der Waals surface area contributed by atoms with Gasteiger partial charge in [0.25, 0.3) is 0 Å². The molecule has 2 nitrogen and oxygen atoms in total. The lowest BCUT2D eigenvalue weighted by Crippen LogP contribution is -2.26. The Morgan fingerprint density at radius 1 is 1.33 bits per heavy atom. The third-order valence-electron chi connectivity index (χ3n) is 3.37. The van der Waals surface area contributed by atoms with Gasteiger partial charge in [0.1, 0.15) is 6.10 Å². The molecule has 2 heteroatoms. The van der Waals surface area contributed by atoms with E-state index in [1.54, 1.807) is 0 Å². The van der Waals surface area contributed by atoms with E-state index >= 15 is 0 Å². The second kappa shape index (κ2) is 6.14. The molecule has 0 aliphatic heterocycles. The molecule has 0 amide bonds. The first-order chi connectivity index (χ1) is 7.13. The molecule has 1 atom stereocenters. The van der Waals surface area contributed by atoms with Crippen LogP contribution in [0.2, 0.25) is 0 Å². The van der Waals surface area contributed by atoms with Gasteiger partial charge < -0.3 is 4.74 Å². The molecule has 1 aliphatic carbocycles. The first-order valence-electron chi connectivity index (χ1n) is 6.34. The van der Waals surface area contributed by atoms with E-state index in [4.69, 9.17) is 4.74 Å². The molecule has 1 fully saturated rings. The van der Waals surface area contributed by atoms with Gasteiger partial charge in [-0.25, -0.2) is 0 Å². The predicted molar refractivity (Wildman–Crippen MR) is 61.6 cm³/mol. The van der Waals surface area contributed by atoms with Crippen molar-refractivity contribution in [2.45, 2.75) is 65.4 Å². The highest BCUT2D eigenvalue weighted by atomic mass is 16.5. The highest BCUT2D eigenvalue weighted by molar-refractivity contribution is 5.72. The maximum absolute atomic E-state index is 11.7. The van der Waals surface area contributed by atoms with Crippen LogP contribution in [0.25, 0.3) is 0 Å². The van der Waals surface area contributed by atoms with Gasteiger partial charge in [-0.05, 0) is 38.0 Å². The first-order valence-corrected chi connectivity index (χ1v) is 6.34. The quantitative estimate of drug-likeness (QED) is 0.666. The Kier molecular flexibility index (Phi) is 5.13. The Hall–Kier alpha value is -0.530. The van der Waals surface area contributed by atoms with Crippen molar-refractivity contribution in [1.82, 2.24) is 0 Å². The summed E-state index contributed by atoms with van der Waals surface area (Å²) < 4.78 is 5.52. The van der Waals surface area contributed by atoms with E-state index in [2.05, 4.69) is 13.8 Å². The minimum absolute atomic E-state index is 0.0106. The van der Waals surface area contributed by atoms with Crippen molar-refractivity contribution in [2.24, 2.45) is 11.8 Å². The van der Waals surface area contributed by atoms with Gasteiger partial charge in [0.2, 0.25) is 0 Å². The molecular weight excluding hydrogens is 188 g/mol. The zero-order chi connectivity index (χ0) is 11.3. The molecule has 15 heavy (non-hydrogen) atoms. The predicted octanol–water partition coefficient (Wildman–Crippen LogP) is 3.54. The standard InChI is InChI=1S/C13H24O2/c1-4-5-11(3)13(14)15-12-8-6-10(2)7-9-12/h10-12H,4-9H2,1-3H3/t10?,11-,12?/m0/s1. The smallest absolute Gasteiger partial charge is 0.308 e. The largest absolute Gasteiger partial charge is 0.462 e. The molecule has 1 rings (SSSR count). The van der Waals surface area contributed by atoms with Crippen LogP contribution in [0.3, 0.4) is 0 Å². The van der Waals surface area contributed by atoms with Crippen LogP contribution in [0.15, 0.2) is 0 Å². The average Bonchev–Trinajstić information content (AvgIpc) is 2.22. The van der Waals surface area contributed by atoms with E-state index in [1.807, 2.05) is 6.92 Å². The molecule has 0 unspecified atom stereocenters. The molecule has 0 N–H and O–H groups in total. The molecule has 0 aromatic carbocycles. The van der Waals surface area contributed by atoms with Crippen LogP contribution in [0.5, 0.6) is 0 Å². The Balaban J connectivity index is 2.25. The number of hydrogen-bond acceptors (Lipinski definition) is 2. The Labute approximate surface area is 93.4 Å². The Morgan fingerprint density at radius 3 is 2.47 bits per heavy atom. The molecule has 0 saturated heterocycles. The highest BCUT2D eigenvalue weighted by Gasteiger charge is 2.23. The van der Waals surface area contributed by atoms with Crippen LogP contribution in [-0.4, -0.2) is 12.1 Å². The fourth-order valence-electron chi connectivity index (χ4n) is 2.18. The second-order valence-electron chi connectivity index (χ2n) is 5.01. The van der Waals surface area contributed by atoms with Crippen molar-refractivity contribution in [2.75, 3.05) is 0 Å². The number of hydrogen-bond donors (Lipinski definition) is 0. The molecule has 0 spiro atoms. The monoisotopic (exact) mass is 212 g/mol. The number of esters is 1. The highest BCUT2D eigenvalue weighted by Crippen LogP contribution is 2.26. The summed E-state index contributed by atoms with van der Waals surface area (Å²) in [5.41, 5.74) is 0. The molecule has 0 bridgehead atoms. The normalized spacial score (nSPS) is 28.5. The molecule has 0 aromatic rings. The minimum atomic E-state index is 0.0106. The SMILES string of the molecule is CCC[C@H](C)C(=O)OC1CCC(C)CC1. The summed E-state index contributed by atoms with van der Waals surface area (Å²) >= 11 is 0. The molecule has 0 radical (unpaired) electrons. The minimum Gasteiger partial charge on any atom is -0.462 e. The lowest BCUT2D eigenvalue weighted by Gasteiger charge is -2.27. The maximum Gasteiger partial charge on any atom is 0.308 e. The van der Waals surface area contributed by atoms with Crippen molar-refractivity contribution in [3.05, 3.63) is 0 Å². The summed E-state index contributed by atoms with van der Waals surface area (Å²) in [6, 6.07) is 0. The van der Waals surface area contributed by atoms with Gasteiger partial charge >= 0.3 is 5.97 Å². The molecule has 1 aliphatic rings. The summed E-state index contributed by atoms with van der Waals surface area (Å²) in [4.78, 5) is 11.7. The molecular formula is C13H24O2. The first kappa shape index (κ1) is 12.5. The molecule has 0 heterocycles. The number of rotatable bonds is 4. The van der Waals surface area contributed by atoms with E-state index in [-0.39, 0.29) is 18.0 Å². The zero-order valence-electron chi connectivity index (χ0n) is 10.3. The average molecular weight is 212 g/mol. The van der Waals surface area contributed by atoms with Crippen LogP contribution in [0.1, 0.15) is 59.3 Å². The number of ether oxygens (including phenoxy) is 1. The van der Waals surface area contributed by atoms with Crippen molar-refractivity contribution in [1.29, 1.82) is 0 Å². The van der Waals surface area contributed by atoms with E-state index in [0.29, 0.717) is 0 Å². The lowest BCUT2D eigenvalue weighted by atomic mass is 9.89. The van der Waals surface area contributed by atoms with Gasteiger partial charge in [-0.15, -0.1) is 0 Å². The third kappa shape index (κ3) is 4.23. The third-order valence-corrected chi connectivity index (χ3v) is 3.37. The van der Waals surface area contributed by atoms with Crippen LogP contribution in [0.4, 0.5) is 0 Å². The molecule has 88 valence electrons. The van der Waals surface area contributed by atoms with Crippen molar-refractivity contribution >= 4 is 5.97 Å². The van der Waals surface area contributed by atoms with Crippen LogP contribution in [0, 0.1) is 11.8 Å². The van der Waals surface area contributed by atoms with Gasteiger partial charge in [-0.2, -0.15) is 0 Å². The van der Waals surface area contributed by atoms with Gasteiger partial charge in [-0.1, -0.05) is 27.2 Å². The fourth-order valence-corrected chi connectivity index (χ4v) is 2.18. The van der Waals surface area contributed by atoms with E-state index < -0.39 is 0 Å². The van der Waals surface area contributed by atoms with Gasteiger partial charge in [0, 0.05) is 0 Å². The van der Waals surface area contributed by atoms with Crippen LogP contribution < -0.4 is 0 Å². The van der Waals surface area contributed by atoms with E-state index in [0.717, 1.165) is 31.6 Å². The summed E-state index contributed by atoms with van der Waals surface area (Å²) in [5, 5.41) is 0. The zero-order valence-corrected chi connectivity index (χ0v) is 10.3. The Morgan fingerprint density at radius 2 is 1.93 bits per heavy atom. The Bertz CT molecular complexity index is 193. The molecule has 0 aromatic heterocycles. The van der Waals surface area contributed by atoms with Gasteiger partial charge in [0.15, 0.2) is 0 Å². The van der Waals surface area contributed by atoms with Gasteiger partial charge in [0.05, 0.1) is 5.92 Å². The lowest BCUT2D eigenvalue weighted by molar-refractivity contribution is -0.155. The maximum atomic E-state index is 11.7. The van der Waals surface area contributed by atoms with Crippen molar-refractivity contribution < 1.29 is 9.53 Å². The summed E-state index contributed by atoms with van der Waals surface area (Å²) in [5.74, 6) is 0.902. The van der Waals surface area contributed by atoms with E-state index in [9.17, 15) is 4.79 Å². The summed E-state index contributed by atoms with van der Waals surface area (Å²) in [7, 11) is 0. The topological polar surface area (TPSA) is 26.3 Å². The summed E-state index contributed by atoms with van der Waals surface area (Å²) in [6.07, 6.45) is 6.74. The van der Waals surface area contributed by atoms with Gasteiger partial charge in [-0.3, -0.25) is 4.79 Å². The van der Waals surface area contributed by atoms with Crippen molar-refractivity contribution in [3.8, 4) is 0 Å². The number of carbonyl (C=O) groups excluding carboxylic acids is 1. The van der Waals surface area contributed by atoms with Crippen LogP contribution in [-0.2, 0) is 9.53 Å². The molecule has 1 saturated carbocycles. The number of carbonyl (C=O) groups is 1. The fraction of sp³-hybridized carbons (Fsp3) is 0.923. The summed E-state index contributed by atoms with van der Waals surface area (Å²) in [6.45, 7) is 6.35. The van der Waals surface area contributed by atoms with Crippen molar-refractivity contribution in [3.63, 3.8) is 0 Å². The second-order valence-corrected chi connectivity index (χ2v) is 5.01.